The Morgan fingerprint density at radius 3 is 2.74 bits per heavy atom. The van der Waals surface area contributed by atoms with E-state index < -0.39 is 6.10 Å². The molecular weight excluding hydrogens is 244 g/mol. The molecule has 1 rings (SSSR count). The predicted octanol–water partition coefficient (Wildman–Crippen LogP) is 0.356. The molecule has 19 heavy (non-hydrogen) atoms. The second kappa shape index (κ2) is 7.22. The number of likely N-dealkylation sites (tertiary alicyclic amines) is 1. The van der Waals surface area contributed by atoms with Crippen molar-refractivity contribution in [1.82, 2.24) is 10.2 Å². The third-order valence-electron chi connectivity index (χ3n) is 3.33. The highest BCUT2D eigenvalue weighted by Gasteiger charge is 2.32. The lowest BCUT2D eigenvalue weighted by molar-refractivity contribution is -0.125. The molecule has 112 valence electrons. The van der Waals surface area contributed by atoms with E-state index >= 15 is 0 Å². The van der Waals surface area contributed by atoms with E-state index in [1.165, 1.54) is 0 Å². The van der Waals surface area contributed by atoms with Gasteiger partial charge in [0, 0.05) is 13.1 Å². The second-order valence-electron chi connectivity index (χ2n) is 6.61. The number of nitrogens with one attached hydrogen (secondary N) is 1. The first-order valence-electron chi connectivity index (χ1n) is 7.14. The van der Waals surface area contributed by atoms with Gasteiger partial charge in [0.2, 0.25) is 5.91 Å². The second-order valence-corrected chi connectivity index (χ2v) is 6.61. The van der Waals surface area contributed by atoms with Crippen molar-refractivity contribution in [3.05, 3.63) is 0 Å². The maximum atomic E-state index is 12.1. The topological polar surface area (TPSA) is 72.8 Å². The lowest BCUT2D eigenvalue weighted by atomic mass is 9.95. The Morgan fingerprint density at radius 1 is 1.47 bits per heavy atom. The molecule has 2 atom stereocenters. The minimum absolute atomic E-state index is 0.0366. The van der Waals surface area contributed by atoms with E-state index in [-0.39, 0.29) is 24.0 Å². The highest BCUT2D eigenvalue weighted by molar-refractivity contribution is 5.82. The van der Waals surface area contributed by atoms with Crippen LogP contribution in [0.1, 0.15) is 40.0 Å². The molecule has 0 aliphatic carbocycles. The zero-order valence-corrected chi connectivity index (χ0v) is 12.4. The summed E-state index contributed by atoms with van der Waals surface area (Å²) in [6.45, 7) is 8.60. The number of aliphatic hydroxyl groups is 2. The summed E-state index contributed by atoms with van der Waals surface area (Å²) in [6.07, 6.45) is 1.63. The number of carbonyl (C=O) groups excluding carboxylic acids is 1. The lowest BCUT2D eigenvalue weighted by Crippen LogP contribution is -2.46. The molecule has 1 fully saturated rings. The van der Waals surface area contributed by atoms with Crippen LogP contribution in [0.3, 0.4) is 0 Å². The summed E-state index contributed by atoms with van der Waals surface area (Å²) in [4.78, 5) is 14.4. The molecule has 0 radical (unpaired) electrons. The van der Waals surface area contributed by atoms with Gasteiger partial charge in [0.05, 0.1) is 18.8 Å². The van der Waals surface area contributed by atoms with Gasteiger partial charge in [-0.25, -0.2) is 0 Å². The van der Waals surface area contributed by atoms with E-state index in [4.69, 9.17) is 5.11 Å². The molecule has 0 saturated carbocycles. The van der Waals surface area contributed by atoms with Crippen LogP contribution >= 0.6 is 0 Å². The molecule has 1 aliphatic heterocycles. The predicted molar refractivity (Wildman–Crippen MR) is 74.8 cm³/mol. The van der Waals surface area contributed by atoms with Crippen LogP contribution < -0.4 is 5.32 Å². The number of rotatable bonds is 6. The zero-order chi connectivity index (χ0) is 14.5. The van der Waals surface area contributed by atoms with Gasteiger partial charge in [-0.15, -0.1) is 0 Å². The highest BCUT2D eigenvalue weighted by atomic mass is 16.3. The molecule has 1 heterocycles. The molecule has 0 aromatic heterocycles. The van der Waals surface area contributed by atoms with Gasteiger partial charge < -0.3 is 15.5 Å². The summed E-state index contributed by atoms with van der Waals surface area (Å²) in [6, 6.07) is -0.0366. The first kappa shape index (κ1) is 16.4. The van der Waals surface area contributed by atoms with Crippen molar-refractivity contribution in [3.8, 4) is 0 Å². The maximum Gasteiger partial charge on any atom is 0.237 e. The molecule has 3 N–H and O–H groups in total. The van der Waals surface area contributed by atoms with Gasteiger partial charge in [0.25, 0.3) is 0 Å². The van der Waals surface area contributed by atoms with E-state index in [9.17, 15) is 9.90 Å². The Labute approximate surface area is 116 Å². The Morgan fingerprint density at radius 2 is 2.16 bits per heavy atom. The Bertz CT molecular complexity index is 289. The standard InChI is InChI=1S/C14H28N2O3/c1-14(2,3)10-16-8-4-5-12(16)13(19)15-7-6-11(18)9-17/h11-12,17-18H,4-10H2,1-3H3,(H,15,19)/t11-,12?/m0/s1. The number of aliphatic hydroxyl groups excluding tert-OH is 2. The Hall–Kier alpha value is -0.650. The molecule has 1 amide bonds. The average molecular weight is 272 g/mol. The molecule has 0 aromatic carbocycles. The third kappa shape index (κ3) is 5.89. The number of hydrogen-bond donors (Lipinski definition) is 3. The Balaban J connectivity index is 2.38. The van der Waals surface area contributed by atoms with Crippen molar-refractivity contribution < 1.29 is 15.0 Å². The Kier molecular flexibility index (Phi) is 6.23. The summed E-state index contributed by atoms with van der Waals surface area (Å²) >= 11 is 0. The van der Waals surface area contributed by atoms with Gasteiger partial charge in [-0.2, -0.15) is 0 Å². The summed E-state index contributed by atoms with van der Waals surface area (Å²) in [7, 11) is 0. The molecule has 1 aliphatic rings. The maximum absolute atomic E-state index is 12.1. The first-order valence-corrected chi connectivity index (χ1v) is 7.14. The number of hydrogen-bond acceptors (Lipinski definition) is 4. The van der Waals surface area contributed by atoms with Crippen LogP contribution in [0, 0.1) is 5.41 Å². The molecule has 0 bridgehead atoms. The minimum atomic E-state index is -0.741. The summed E-state index contributed by atoms with van der Waals surface area (Å²) in [5.74, 6) is 0.0480. The quantitative estimate of drug-likeness (QED) is 0.652. The van der Waals surface area contributed by atoms with E-state index in [0.717, 1.165) is 25.9 Å². The van der Waals surface area contributed by atoms with Crippen LogP contribution in [-0.2, 0) is 4.79 Å². The van der Waals surface area contributed by atoms with Gasteiger partial charge in [-0.3, -0.25) is 9.69 Å². The van der Waals surface area contributed by atoms with E-state index in [0.29, 0.717) is 13.0 Å². The molecule has 0 spiro atoms. The van der Waals surface area contributed by atoms with Crippen LogP contribution in [-0.4, -0.2) is 59.4 Å². The summed E-state index contributed by atoms with van der Waals surface area (Å²) in [5, 5.41) is 20.8. The van der Waals surface area contributed by atoms with Gasteiger partial charge in [0.1, 0.15) is 0 Å². The fourth-order valence-corrected chi connectivity index (χ4v) is 2.49. The summed E-state index contributed by atoms with van der Waals surface area (Å²) in [5.41, 5.74) is 0.190. The molecule has 0 aromatic rings. The monoisotopic (exact) mass is 272 g/mol. The highest BCUT2D eigenvalue weighted by Crippen LogP contribution is 2.23. The van der Waals surface area contributed by atoms with Gasteiger partial charge in [-0.1, -0.05) is 20.8 Å². The van der Waals surface area contributed by atoms with Crippen molar-refractivity contribution in [3.63, 3.8) is 0 Å². The fourth-order valence-electron chi connectivity index (χ4n) is 2.49. The molecule has 5 nitrogen and oxygen atoms in total. The van der Waals surface area contributed by atoms with Crippen molar-refractivity contribution >= 4 is 5.91 Å². The lowest BCUT2D eigenvalue weighted by Gasteiger charge is -2.30. The van der Waals surface area contributed by atoms with Crippen LogP contribution in [0.2, 0.25) is 0 Å². The minimum Gasteiger partial charge on any atom is -0.394 e. The van der Waals surface area contributed by atoms with Crippen LogP contribution in [0.4, 0.5) is 0 Å². The first-order chi connectivity index (χ1) is 8.83. The van der Waals surface area contributed by atoms with Gasteiger partial charge in [-0.05, 0) is 31.2 Å². The van der Waals surface area contributed by atoms with E-state index in [1.807, 2.05) is 0 Å². The normalized spacial score (nSPS) is 22.5. The zero-order valence-electron chi connectivity index (χ0n) is 12.4. The number of amides is 1. The molecule has 1 unspecified atom stereocenters. The number of carbonyl (C=O) groups is 1. The fraction of sp³-hybridized carbons (Fsp3) is 0.929. The smallest absolute Gasteiger partial charge is 0.237 e. The molecule has 5 heteroatoms. The van der Waals surface area contributed by atoms with Gasteiger partial charge >= 0.3 is 0 Å². The van der Waals surface area contributed by atoms with Crippen molar-refractivity contribution in [1.29, 1.82) is 0 Å². The third-order valence-corrected chi connectivity index (χ3v) is 3.33. The van der Waals surface area contributed by atoms with E-state index in [1.54, 1.807) is 0 Å². The van der Waals surface area contributed by atoms with Crippen LogP contribution in [0.25, 0.3) is 0 Å². The van der Waals surface area contributed by atoms with Crippen molar-refractivity contribution in [2.45, 2.75) is 52.2 Å². The van der Waals surface area contributed by atoms with Crippen LogP contribution in [0.5, 0.6) is 0 Å². The molecular formula is C14H28N2O3. The van der Waals surface area contributed by atoms with Crippen molar-refractivity contribution in [2.24, 2.45) is 5.41 Å². The SMILES string of the molecule is CC(C)(C)CN1CCCC1C(=O)NCC[C@H](O)CO. The van der Waals surface area contributed by atoms with Crippen LogP contribution in [0.15, 0.2) is 0 Å². The van der Waals surface area contributed by atoms with Gasteiger partial charge in [0.15, 0.2) is 0 Å². The van der Waals surface area contributed by atoms with E-state index in [2.05, 4.69) is 31.0 Å². The largest absolute Gasteiger partial charge is 0.394 e. The van der Waals surface area contributed by atoms with Crippen molar-refractivity contribution in [2.75, 3.05) is 26.2 Å². The summed E-state index contributed by atoms with van der Waals surface area (Å²) < 4.78 is 0. The molecule has 1 saturated heterocycles. The number of nitrogens with zero attached hydrogens (tertiary/aromatic N) is 1. The average Bonchev–Trinajstić information content (AvgIpc) is 2.74.